The van der Waals surface area contributed by atoms with Gasteiger partial charge in [0.15, 0.2) is 5.78 Å². The molecule has 3 aromatic carbocycles. The first kappa shape index (κ1) is 57.8. The zero-order valence-electron chi connectivity index (χ0n) is 34.0. The highest BCUT2D eigenvalue weighted by Crippen LogP contribution is 2.09. The molecule has 0 saturated heterocycles. The molecule has 0 fully saturated rings. The molecular weight excluding hydrogens is 776 g/mol. The summed E-state index contributed by atoms with van der Waals surface area (Å²) in [5.41, 5.74) is 1.61. The third-order valence-electron chi connectivity index (χ3n) is 7.13. The van der Waals surface area contributed by atoms with Crippen molar-refractivity contribution in [2.45, 2.75) is 58.8 Å². The first-order valence-electron chi connectivity index (χ1n) is 18.4. The summed E-state index contributed by atoms with van der Waals surface area (Å²) < 4.78 is 19.5. The zero-order chi connectivity index (χ0) is 44.1. The van der Waals surface area contributed by atoms with Gasteiger partial charge in [0.25, 0.3) is 0 Å². The fourth-order valence-electron chi connectivity index (χ4n) is 3.89. The minimum absolute atomic E-state index is 0. The molecule has 17 heteroatoms. The van der Waals surface area contributed by atoms with Crippen molar-refractivity contribution in [3.8, 4) is 0 Å². The third-order valence-corrected chi connectivity index (χ3v) is 7.13. The number of carboxylic acids is 3. The van der Waals surface area contributed by atoms with Gasteiger partial charge in [0.2, 0.25) is 0 Å². The number of carbonyl (C=O) groups excluding carboxylic acids is 4. The molecule has 0 heterocycles. The molecule has 0 atom stereocenters. The third kappa shape index (κ3) is 29.3. The summed E-state index contributed by atoms with van der Waals surface area (Å²) in [7, 11) is 2.94. The van der Waals surface area contributed by atoms with E-state index in [0.29, 0.717) is 42.9 Å². The minimum atomic E-state index is -1.31. The molecule has 0 aliphatic rings. The van der Waals surface area contributed by atoms with E-state index in [9.17, 15) is 33.9 Å². The van der Waals surface area contributed by atoms with Gasteiger partial charge < -0.3 is 59.9 Å². The van der Waals surface area contributed by atoms with Gasteiger partial charge in [0.1, 0.15) is 0 Å². The molecule has 0 saturated carbocycles. The summed E-state index contributed by atoms with van der Waals surface area (Å²) >= 11 is 0. The Bertz CT molecular complexity index is 1530. The summed E-state index contributed by atoms with van der Waals surface area (Å²) in [5.74, 6) is -4.17. The molecule has 17 nitrogen and oxygen atoms in total. The Balaban J connectivity index is -0.000000706. The number of ether oxygens (including phenoxy) is 4. The van der Waals surface area contributed by atoms with Crippen molar-refractivity contribution >= 4 is 35.6 Å². The maximum absolute atomic E-state index is 11.7. The Morgan fingerprint density at radius 2 is 0.898 bits per heavy atom. The number of carbonyl (C=O) groups is 6. The van der Waals surface area contributed by atoms with Gasteiger partial charge in [0.05, 0.1) is 41.9 Å². The largest absolute Gasteiger partial charge is 0.870 e. The van der Waals surface area contributed by atoms with Crippen molar-refractivity contribution in [1.82, 2.24) is 0 Å². The average molecular weight is 835 g/mol. The van der Waals surface area contributed by atoms with Gasteiger partial charge in [-0.3, -0.25) is 4.79 Å². The first-order chi connectivity index (χ1) is 27.8. The molecule has 3 rings (SSSR count). The molecule has 6 N–H and O–H groups in total. The molecule has 0 aromatic heterocycles. The van der Waals surface area contributed by atoms with Crippen LogP contribution in [0.5, 0.6) is 0 Å². The van der Waals surface area contributed by atoms with E-state index in [2.05, 4.69) is 4.74 Å². The average Bonchev–Trinajstić information content (AvgIpc) is 3.24. The van der Waals surface area contributed by atoms with Gasteiger partial charge in [-0.1, -0.05) is 31.2 Å². The van der Waals surface area contributed by atoms with Crippen LogP contribution in [0.2, 0.25) is 0 Å². The summed E-state index contributed by atoms with van der Waals surface area (Å²) in [6, 6.07) is 16.9. The van der Waals surface area contributed by atoms with E-state index in [1.807, 2.05) is 13.8 Å². The maximum Gasteiger partial charge on any atom is 0.338 e. The molecule has 0 amide bonds. The van der Waals surface area contributed by atoms with Crippen LogP contribution >= 0.6 is 0 Å². The number of unbranched alkanes of at least 4 members (excludes halogenated alkanes) is 3. The lowest BCUT2D eigenvalue weighted by molar-refractivity contribution is -0.255. The van der Waals surface area contributed by atoms with Crippen LogP contribution in [0, 0.1) is 0 Å². The van der Waals surface area contributed by atoms with E-state index in [1.165, 1.54) is 55.6 Å². The lowest BCUT2D eigenvalue weighted by atomic mass is 10.1. The molecule has 0 bridgehead atoms. The van der Waals surface area contributed by atoms with Crippen molar-refractivity contribution in [2.75, 3.05) is 60.5 Å². The quantitative estimate of drug-likeness (QED) is 0.0607. The standard InChI is InChI=1S/C16H22O4.C9H8O4.C8H6O4.C5H12O2.C4H10O2.H2O/c1-3-15(17)13-7-9-14(10-8-13)16(18)20-12-6-5-11-19-4-2;1-13-9(12)7-4-2-6(3-5-7)8(10)11;9-7(10)5-1-2-6(4-3-5)8(11)12;1-7-5-3-2-4-6;5-3-1-2-4-6;/h7-10H,3-6,11-12H2,1-2H3;2-5H,1H3,(H,10,11);1-4H,(H,9,10)(H,11,12);6H,2-5H2,1H3;5-6H,1-4H2;1H2/p-2. The number of carboxylic acid groups (broad SMARTS) is 3. The lowest BCUT2D eigenvalue weighted by Crippen LogP contribution is -2.22. The topological polar surface area (TPSA) is 294 Å². The molecule has 0 aliphatic carbocycles. The minimum Gasteiger partial charge on any atom is -0.870 e. The Labute approximate surface area is 344 Å². The molecular formula is C42H58O17-2. The second-order valence-corrected chi connectivity index (χ2v) is 11.5. The second-order valence-electron chi connectivity index (χ2n) is 11.5. The Morgan fingerprint density at radius 3 is 1.27 bits per heavy atom. The predicted octanol–water partition coefficient (Wildman–Crippen LogP) is 4.15. The number of rotatable bonds is 20. The molecule has 0 spiro atoms. The number of aliphatic hydroxyl groups excluding tert-OH is 3. The van der Waals surface area contributed by atoms with E-state index >= 15 is 0 Å². The molecule has 3 aromatic rings. The molecule has 330 valence electrons. The zero-order valence-corrected chi connectivity index (χ0v) is 34.0. The van der Waals surface area contributed by atoms with E-state index < -0.39 is 23.9 Å². The van der Waals surface area contributed by atoms with E-state index in [1.54, 1.807) is 31.4 Å². The van der Waals surface area contributed by atoms with Crippen molar-refractivity contribution in [1.29, 1.82) is 0 Å². The Hall–Kier alpha value is -5.56. The number of aromatic carboxylic acids is 3. The Morgan fingerprint density at radius 1 is 0.525 bits per heavy atom. The summed E-state index contributed by atoms with van der Waals surface area (Å²) in [6.07, 6.45) is 5.39. The van der Waals surface area contributed by atoms with Crippen molar-refractivity contribution in [3.05, 3.63) is 106 Å². The van der Waals surface area contributed by atoms with Crippen molar-refractivity contribution in [3.63, 3.8) is 0 Å². The number of methoxy groups -OCH3 is 2. The normalized spacial score (nSPS) is 9.47. The van der Waals surface area contributed by atoms with Gasteiger partial charge in [-0.15, -0.1) is 0 Å². The van der Waals surface area contributed by atoms with Crippen LogP contribution in [-0.4, -0.2) is 127 Å². The number of benzene rings is 3. The predicted molar refractivity (Wildman–Crippen MR) is 213 cm³/mol. The Kier molecular flexibility index (Phi) is 37.2. The molecule has 0 aliphatic heterocycles. The summed E-state index contributed by atoms with van der Waals surface area (Å²) in [5, 5.41) is 51.6. The number of aliphatic hydroxyl groups is 3. The number of hydrogen-bond donors (Lipinski definition) is 5. The smallest absolute Gasteiger partial charge is 0.338 e. The first-order valence-corrected chi connectivity index (χ1v) is 18.4. The number of Topliss-reactive ketones (excluding diaryl/α,β-unsaturated/α-hetero) is 1. The summed E-state index contributed by atoms with van der Waals surface area (Å²) in [4.78, 5) is 65.1. The highest BCUT2D eigenvalue weighted by molar-refractivity contribution is 5.97. The number of hydrogen-bond acceptors (Lipinski definition) is 15. The van der Waals surface area contributed by atoms with E-state index in [-0.39, 0.29) is 53.7 Å². The maximum atomic E-state index is 11.7. The van der Waals surface area contributed by atoms with Crippen molar-refractivity contribution in [2.24, 2.45) is 0 Å². The van der Waals surface area contributed by atoms with Gasteiger partial charge in [-0.05, 0) is 99.5 Å². The van der Waals surface area contributed by atoms with Crippen LogP contribution in [0.25, 0.3) is 0 Å². The number of ketones is 1. The van der Waals surface area contributed by atoms with Gasteiger partial charge in [-0.2, -0.15) is 0 Å². The van der Waals surface area contributed by atoms with Gasteiger partial charge >= 0.3 is 23.9 Å². The van der Waals surface area contributed by atoms with Crippen molar-refractivity contribution < 1.29 is 83.8 Å². The van der Waals surface area contributed by atoms with Crippen LogP contribution in [0.4, 0.5) is 0 Å². The monoisotopic (exact) mass is 834 g/mol. The second kappa shape index (κ2) is 38.0. The lowest BCUT2D eigenvalue weighted by Gasteiger charge is -2.05. The van der Waals surface area contributed by atoms with E-state index in [0.717, 1.165) is 45.1 Å². The fraction of sp³-hybridized carbons (Fsp3) is 0.429. The van der Waals surface area contributed by atoms with Crippen LogP contribution in [-0.2, 0) is 18.9 Å². The van der Waals surface area contributed by atoms with Gasteiger partial charge in [0, 0.05) is 58.7 Å². The van der Waals surface area contributed by atoms with E-state index in [4.69, 9.17) is 39.7 Å². The molecule has 59 heavy (non-hydrogen) atoms. The molecule has 0 radical (unpaired) electrons. The SMILES string of the molecule is CCOCCCCOC(=O)c1ccc(C(=O)CC)cc1.COC(=O)c1ccc(C(=O)O)cc1.COCCCCO.O=C([O-])c1ccc(C(=O)O)cc1.OCCCCO.[OH-]. The van der Waals surface area contributed by atoms with Crippen LogP contribution in [0.3, 0.4) is 0 Å². The highest BCUT2D eigenvalue weighted by Gasteiger charge is 2.09. The van der Waals surface area contributed by atoms with Crippen LogP contribution in [0.1, 0.15) is 121 Å². The highest BCUT2D eigenvalue weighted by atomic mass is 16.5. The van der Waals surface area contributed by atoms with Crippen LogP contribution in [0.15, 0.2) is 72.8 Å². The fourth-order valence-corrected chi connectivity index (χ4v) is 3.89. The summed E-state index contributed by atoms with van der Waals surface area (Å²) in [6.45, 7) is 7.00. The molecule has 0 unspecified atom stereocenters. The van der Waals surface area contributed by atoms with Crippen LogP contribution < -0.4 is 5.11 Å². The van der Waals surface area contributed by atoms with Gasteiger partial charge in [-0.25, -0.2) is 19.2 Å². The number of esters is 2.